The summed E-state index contributed by atoms with van der Waals surface area (Å²) in [6.07, 6.45) is 3.89. The molecule has 68 valence electrons. The Hall–Kier alpha value is -1.15. The Morgan fingerprint density at radius 1 is 1.31 bits per heavy atom. The van der Waals surface area contributed by atoms with E-state index in [2.05, 4.69) is 4.99 Å². The molecule has 0 bridgehead atoms. The van der Waals surface area contributed by atoms with Crippen LogP contribution in [0.5, 0.6) is 0 Å². The van der Waals surface area contributed by atoms with E-state index in [9.17, 15) is 0 Å². The van der Waals surface area contributed by atoms with Crippen molar-refractivity contribution in [2.45, 2.75) is 18.4 Å². The number of nitrogens with zero attached hydrogens (tertiary/aromatic N) is 1. The summed E-state index contributed by atoms with van der Waals surface area (Å²) >= 11 is 0. The maximum absolute atomic E-state index is 9.02. The van der Waals surface area contributed by atoms with Crippen LogP contribution in [0.25, 0.3) is 0 Å². The highest BCUT2D eigenvalue weighted by Gasteiger charge is 2.41. The van der Waals surface area contributed by atoms with E-state index in [1.54, 1.807) is 0 Å². The second-order valence-electron chi connectivity index (χ2n) is 3.55. The van der Waals surface area contributed by atoms with Gasteiger partial charge in [0.05, 0.1) is 12.1 Å². The first-order valence-corrected chi connectivity index (χ1v) is 4.56. The number of aliphatic imine (C=N–C) groups is 1. The van der Waals surface area contributed by atoms with Crippen LogP contribution in [0.4, 0.5) is 0 Å². The molecular weight excluding hydrogens is 162 g/mol. The molecule has 0 atom stereocenters. The second-order valence-corrected chi connectivity index (χ2v) is 3.55. The third kappa shape index (κ3) is 1.95. The Morgan fingerprint density at radius 2 is 2.00 bits per heavy atom. The molecule has 13 heavy (non-hydrogen) atoms. The molecule has 1 N–H and O–H groups in total. The van der Waals surface area contributed by atoms with Gasteiger partial charge in [0.15, 0.2) is 0 Å². The van der Waals surface area contributed by atoms with Crippen LogP contribution in [-0.2, 0) is 0 Å². The zero-order chi connectivity index (χ0) is 9.15. The van der Waals surface area contributed by atoms with Gasteiger partial charge in [-0.15, -0.1) is 0 Å². The van der Waals surface area contributed by atoms with E-state index in [1.807, 2.05) is 36.5 Å². The lowest BCUT2D eigenvalue weighted by atomic mass is 10.2. The third-order valence-corrected chi connectivity index (χ3v) is 2.41. The molecule has 0 aliphatic heterocycles. The summed E-state index contributed by atoms with van der Waals surface area (Å²) in [6.45, 7) is 0.177. The lowest BCUT2D eigenvalue weighted by Crippen LogP contribution is -2.10. The number of hydrogen-bond donors (Lipinski definition) is 1. The Labute approximate surface area is 77.9 Å². The van der Waals surface area contributed by atoms with Gasteiger partial charge in [-0.3, -0.25) is 4.99 Å². The molecule has 2 heteroatoms. The van der Waals surface area contributed by atoms with E-state index < -0.39 is 0 Å². The molecule has 1 aliphatic rings. The number of hydrogen-bond acceptors (Lipinski definition) is 2. The van der Waals surface area contributed by atoms with E-state index >= 15 is 0 Å². The molecule has 2 rings (SSSR count). The maximum atomic E-state index is 9.02. The summed E-state index contributed by atoms with van der Waals surface area (Å²) in [7, 11) is 0. The molecule has 0 unspecified atom stereocenters. The molecule has 1 aliphatic carbocycles. The minimum Gasteiger partial charge on any atom is -0.394 e. The Kier molecular flexibility index (Phi) is 2.15. The van der Waals surface area contributed by atoms with Gasteiger partial charge in [0.2, 0.25) is 0 Å². The topological polar surface area (TPSA) is 32.6 Å². The van der Waals surface area contributed by atoms with Gasteiger partial charge in [-0.25, -0.2) is 0 Å². The predicted octanol–water partition coefficient (Wildman–Crippen LogP) is 1.63. The van der Waals surface area contributed by atoms with Gasteiger partial charge >= 0.3 is 0 Å². The maximum Gasteiger partial charge on any atom is 0.0839 e. The molecule has 1 aromatic rings. The summed E-state index contributed by atoms with van der Waals surface area (Å²) in [6, 6.07) is 9.98. The summed E-state index contributed by atoms with van der Waals surface area (Å²) < 4.78 is 0. The summed E-state index contributed by atoms with van der Waals surface area (Å²) in [5.41, 5.74) is 0.970. The highest BCUT2D eigenvalue weighted by atomic mass is 16.3. The summed E-state index contributed by atoms with van der Waals surface area (Å²) in [5.74, 6) is 0. The smallest absolute Gasteiger partial charge is 0.0839 e. The minimum atomic E-state index is -0.129. The Bertz CT molecular complexity index is 301. The largest absolute Gasteiger partial charge is 0.394 e. The zero-order valence-electron chi connectivity index (χ0n) is 7.48. The highest BCUT2D eigenvalue weighted by Crippen LogP contribution is 2.38. The van der Waals surface area contributed by atoms with Gasteiger partial charge in [0, 0.05) is 6.21 Å². The van der Waals surface area contributed by atoms with Crippen molar-refractivity contribution in [3.63, 3.8) is 0 Å². The average molecular weight is 175 g/mol. The van der Waals surface area contributed by atoms with Crippen molar-refractivity contribution in [1.29, 1.82) is 0 Å². The minimum absolute atomic E-state index is 0.129. The molecule has 0 saturated heterocycles. The molecule has 0 aromatic heterocycles. The molecule has 1 saturated carbocycles. The molecule has 0 heterocycles. The van der Waals surface area contributed by atoms with Crippen LogP contribution >= 0.6 is 0 Å². The lowest BCUT2D eigenvalue weighted by Gasteiger charge is -2.02. The summed E-state index contributed by atoms with van der Waals surface area (Å²) in [4.78, 5) is 4.38. The first-order chi connectivity index (χ1) is 6.35. The fourth-order valence-electron chi connectivity index (χ4n) is 1.22. The lowest BCUT2D eigenvalue weighted by molar-refractivity contribution is 0.258. The van der Waals surface area contributed by atoms with Crippen molar-refractivity contribution < 1.29 is 5.11 Å². The first-order valence-electron chi connectivity index (χ1n) is 4.56. The molecule has 0 amide bonds. The van der Waals surface area contributed by atoms with Crippen LogP contribution in [0.3, 0.4) is 0 Å². The van der Waals surface area contributed by atoms with Crippen LogP contribution in [0.2, 0.25) is 0 Å². The van der Waals surface area contributed by atoms with Gasteiger partial charge in [0.1, 0.15) is 0 Å². The van der Waals surface area contributed by atoms with E-state index in [0.717, 1.165) is 18.4 Å². The fourth-order valence-corrected chi connectivity index (χ4v) is 1.22. The molecule has 1 aromatic carbocycles. The van der Waals surface area contributed by atoms with Gasteiger partial charge in [-0.05, 0) is 18.4 Å². The first kappa shape index (κ1) is 8.45. The number of aliphatic hydroxyl groups is 1. The monoisotopic (exact) mass is 175 g/mol. The van der Waals surface area contributed by atoms with Crippen LogP contribution in [0, 0.1) is 0 Å². The SMILES string of the molecule is OCC1(N=Cc2ccccc2)CC1. The van der Waals surface area contributed by atoms with Gasteiger partial charge in [-0.1, -0.05) is 30.3 Å². The van der Waals surface area contributed by atoms with Crippen molar-refractivity contribution in [2.24, 2.45) is 4.99 Å². The van der Waals surface area contributed by atoms with Crippen molar-refractivity contribution >= 4 is 6.21 Å². The number of benzene rings is 1. The molecule has 0 spiro atoms. The van der Waals surface area contributed by atoms with E-state index in [4.69, 9.17) is 5.11 Å². The molecule has 0 radical (unpaired) electrons. The Morgan fingerprint density at radius 3 is 2.54 bits per heavy atom. The van der Waals surface area contributed by atoms with Crippen molar-refractivity contribution in [3.05, 3.63) is 35.9 Å². The highest BCUT2D eigenvalue weighted by molar-refractivity contribution is 5.79. The number of aliphatic hydroxyl groups excluding tert-OH is 1. The van der Waals surface area contributed by atoms with Crippen molar-refractivity contribution in [2.75, 3.05) is 6.61 Å². The summed E-state index contributed by atoms with van der Waals surface area (Å²) in [5, 5.41) is 9.02. The average Bonchev–Trinajstić information content (AvgIpc) is 2.97. The molecule has 2 nitrogen and oxygen atoms in total. The van der Waals surface area contributed by atoms with Gasteiger partial charge < -0.3 is 5.11 Å². The van der Waals surface area contributed by atoms with E-state index in [1.165, 1.54) is 0 Å². The van der Waals surface area contributed by atoms with Crippen molar-refractivity contribution in [1.82, 2.24) is 0 Å². The van der Waals surface area contributed by atoms with Crippen LogP contribution in [0.1, 0.15) is 18.4 Å². The quantitative estimate of drug-likeness (QED) is 0.696. The Balaban J connectivity index is 2.06. The zero-order valence-corrected chi connectivity index (χ0v) is 7.48. The fraction of sp³-hybridized carbons (Fsp3) is 0.364. The van der Waals surface area contributed by atoms with Gasteiger partial charge in [-0.2, -0.15) is 0 Å². The van der Waals surface area contributed by atoms with E-state index in [-0.39, 0.29) is 12.1 Å². The van der Waals surface area contributed by atoms with Crippen LogP contribution in [-0.4, -0.2) is 23.5 Å². The van der Waals surface area contributed by atoms with Crippen LogP contribution < -0.4 is 0 Å². The van der Waals surface area contributed by atoms with Crippen LogP contribution in [0.15, 0.2) is 35.3 Å². The second kappa shape index (κ2) is 3.30. The standard InChI is InChI=1S/C11H13NO/c13-9-11(6-7-11)12-8-10-4-2-1-3-5-10/h1-5,8,13H,6-7,9H2. The van der Waals surface area contributed by atoms with Crippen molar-refractivity contribution in [3.8, 4) is 0 Å². The molecular formula is C11H13NO. The molecule has 1 fully saturated rings. The number of rotatable bonds is 3. The van der Waals surface area contributed by atoms with E-state index in [0.29, 0.717) is 0 Å². The predicted molar refractivity (Wildman–Crippen MR) is 53.1 cm³/mol. The van der Waals surface area contributed by atoms with Gasteiger partial charge in [0.25, 0.3) is 0 Å². The normalized spacial score (nSPS) is 19.2. The third-order valence-electron chi connectivity index (χ3n) is 2.41.